The lowest BCUT2D eigenvalue weighted by molar-refractivity contribution is -0.130. The van der Waals surface area contributed by atoms with Gasteiger partial charge < -0.3 is 14.4 Å². The summed E-state index contributed by atoms with van der Waals surface area (Å²) < 4.78 is 10.6. The Morgan fingerprint density at radius 3 is 1.97 bits per heavy atom. The normalized spacial score (nSPS) is 17.5. The number of nitrogens with zero attached hydrogens (tertiary/aromatic N) is 1. The molecule has 0 bridgehead atoms. The van der Waals surface area contributed by atoms with Crippen molar-refractivity contribution in [3.05, 3.63) is 90.0 Å². The van der Waals surface area contributed by atoms with Crippen LogP contribution in [0.25, 0.3) is 0 Å². The Labute approximate surface area is 197 Å². The maximum Gasteiger partial charge on any atom is 0.233 e. The quantitative estimate of drug-likeness (QED) is 0.247. The first-order valence-electron chi connectivity index (χ1n) is 11.9. The van der Waals surface area contributed by atoms with E-state index in [1.54, 1.807) is 14.2 Å². The third-order valence-electron chi connectivity index (χ3n) is 6.60. The molecule has 33 heavy (non-hydrogen) atoms. The molecule has 0 aliphatic carbocycles. The third kappa shape index (κ3) is 5.39. The van der Waals surface area contributed by atoms with E-state index >= 15 is 0 Å². The van der Waals surface area contributed by atoms with Crippen LogP contribution in [0.3, 0.4) is 0 Å². The molecule has 0 saturated carbocycles. The Hall–Kier alpha value is -3.27. The Kier molecular flexibility index (Phi) is 7.66. The monoisotopic (exact) mass is 443 g/mol. The van der Waals surface area contributed by atoms with Gasteiger partial charge in [-0.15, -0.1) is 0 Å². The average Bonchev–Trinajstić information content (AvgIpc) is 2.87. The van der Waals surface area contributed by atoms with E-state index in [2.05, 4.69) is 42.5 Å². The molecule has 3 aromatic rings. The molecule has 1 saturated heterocycles. The Morgan fingerprint density at radius 1 is 0.727 bits per heavy atom. The van der Waals surface area contributed by atoms with Gasteiger partial charge in [-0.1, -0.05) is 61.7 Å². The molecule has 1 aliphatic heterocycles. The van der Waals surface area contributed by atoms with Crippen LogP contribution in [0, 0.1) is 5.92 Å². The summed E-state index contributed by atoms with van der Waals surface area (Å²) in [6.07, 6.45) is 6.69. The average molecular weight is 444 g/mol. The van der Waals surface area contributed by atoms with E-state index in [1.807, 2.05) is 41.3 Å². The fourth-order valence-corrected chi connectivity index (χ4v) is 4.73. The van der Waals surface area contributed by atoms with Gasteiger partial charge in [0.25, 0.3) is 0 Å². The van der Waals surface area contributed by atoms with Crippen LogP contribution in [-0.2, 0) is 11.2 Å². The van der Waals surface area contributed by atoms with Crippen LogP contribution < -0.4 is 14.4 Å². The van der Waals surface area contributed by atoms with Crippen molar-refractivity contribution < 1.29 is 14.3 Å². The molecule has 2 atom stereocenters. The predicted octanol–water partition coefficient (Wildman–Crippen LogP) is 6.60. The van der Waals surface area contributed by atoms with E-state index in [0.717, 1.165) is 48.4 Å². The highest BCUT2D eigenvalue weighted by Gasteiger charge is 2.48. The van der Waals surface area contributed by atoms with Gasteiger partial charge in [0.1, 0.15) is 11.5 Å². The second-order valence-corrected chi connectivity index (χ2v) is 8.67. The van der Waals surface area contributed by atoms with E-state index < -0.39 is 0 Å². The number of methoxy groups -OCH3 is 2. The van der Waals surface area contributed by atoms with Gasteiger partial charge in [-0.25, -0.2) is 0 Å². The van der Waals surface area contributed by atoms with Crippen LogP contribution in [0.2, 0.25) is 0 Å². The molecule has 0 unspecified atom stereocenters. The highest BCUT2D eigenvalue weighted by atomic mass is 16.5. The van der Waals surface area contributed by atoms with Crippen molar-refractivity contribution >= 4 is 11.6 Å². The number of amides is 1. The minimum Gasteiger partial charge on any atom is -0.497 e. The number of benzene rings is 3. The second kappa shape index (κ2) is 11.0. The number of rotatable bonds is 11. The zero-order valence-corrected chi connectivity index (χ0v) is 19.6. The Balaban J connectivity index is 1.38. The number of carbonyl (C=O) groups excluding carboxylic acids is 1. The van der Waals surface area contributed by atoms with Gasteiger partial charge >= 0.3 is 0 Å². The summed E-state index contributed by atoms with van der Waals surface area (Å²) in [6, 6.07) is 26.6. The lowest BCUT2D eigenvalue weighted by Crippen LogP contribution is -2.55. The highest BCUT2D eigenvalue weighted by Crippen LogP contribution is 2.46. The number of hydrogen-bond donors (Lipinski definition) is 0. The number of unbranched alkanes of at least 4 members (excludes halogenated alkanes) is 3. The fraction of sp³-hybridized carbons (Fsp3) is 0.345. The number of anilines is 1. The molecule has 1 aliphatic rings. The molecule has 0 spiro atoms. The summed E-state index contributed by atoms with van der Waals surface area (Å²) >= 11 is 0. The summed E-state index contributed by atoms with van der Waals surface area (Å²) in [7, 11) is 3.33. The number of ether oxygens (including phenoxy) is 2. The summed E-state index contributed by atoms with van der Waals surface area (Å²) in [6.45, 7) is 0. The predicted molar refractivity (Wildman–Crippen MR) is 133 cm³/mol. The summed E-state index contributed by atoms with van der Waals surface area (Å²) in [4.78, 5) is 15.1. The smallest absolute Gasteiger partial charge is 0.233 e. The van der Waals surface area contributed by atoms with Crippen molar-refractivity contribution in [2.75, 3.05) is 19.1 Å². The van der Waals surface area contributed by atoms with E-state index in [0.29, 0.717) is 0 Å². The first-order chi connectivity index (χ1) is 16.2. The van der Waals surface area contributed by atoms with Crippen molar-refractivity contribution in [1.29, 1.82) is 0 Å². The van der Waals surface area contributed by atoms with Gasteiger partial charge in [-0.2, -0.15) is 0 Å². The van der Waals surface area contributed by atoms with Gasteiger partial charge in [0.2, 0.25) is 5.91 Å². The number of aryl methyl sites for hydroxylation is 1. The van der Waals surface area contributed by atoms with Crippen LogP contribution in [0.15, 0.2) is 78.9 Å². The first kappa shape index (κ1) is 22.9. The summed E-state index contributed by atoms with van der Waals surface area (Å²) in [5.41, 5.74) is 3.47. The van der Waals surface area contributed by atoms with Crippen molar-refractivity contribution in [3.63, 3.8) is 0 Å². The number of carbonyl (C=O) groups is 1. The van der Waals surface area contributed by atoms with Gasteiger partial charge in [-0.05, 0) is 66.8 Å². The van der Waals surface area contributed by atoms with E-state index in [4.69, 9.17) is 9.47 Å². The lowest BCUT2D eigenvalue weighted by atomic mass is 9.78. The maximum atomic E-state index is 13.2. The summed E-state index contributed by atoms with van der Waals surface area (Å²) in [5.74, 6) is 1.86. The Bertz CT molecular complexity index is 1010. The van der Waals surface area contributed by atoms with Crippen LogP contribution in [0.5, 0.6) is 11.5 Å². The molecular formula is C29H33NO3. The molecule has 3 aromatic carbocycles. The Morgan fingerprint density at radius 2 is 1.33 bits per heavy atom. The SMILES string of the molecule is COc1ccc([C@H]2[C@H](CCCCCCc3ccccc3)C(=O)N2c2ccc(OC)cc2)cc1. The number of β-lactam (4-membered cyclic amide) rings is 1. The van der Waals surface area contributed by atoms with Gasteiger partial charge in [0.15, 0.2) is 0 Å². The molecule has 0 aromatic heterocycles. The minimum atomic E-state index is 0.0228. The zero-order valence-electron chi connectivity index (χ0n) is 19.6. The van der Waals surface area contributed by atoms with Crippen LogP contribution in [0.1, 0.15) is 49.3 Å². The molecule has 4 nitrogen and oxygen atoms in total. The van der Waals surface area contributed by atoms with E-state index in [1.165, 1.54) is 18.4 Å². The molecule has 0 radical (unpaired) electrons. The molecular weight excluding hydrogens is 410 g/mol. The molecule has 1 fully saturated rings. The van der Waals surface area contributed by atoms with Gasteiger partial charge in [0.05, 0.1) is 26.2 Å². The standard InChI is InChI=1S/C29H33NO3/c1-32-25-18-14-23(15-19-25)28-27(13-9-4-3-6-10-22-11-7-5-8-12-22)29(31)30(28)24-16-20-26(33-2)21-17-24/h5,7-8,11-12,14-21,27-28H,3-4,6,9-10,13H2,1-2H3/t27-,28-/m0/s1. The van der Waals surface area contributed by atoms with E-state index in [9.17, 15) is 4.79 Å². The highest BCUT2D eigenvalue weighted by molar-refractivity contribution is 6.03. The summed E-state index contributed by atoms with van der Waals surface area (Å²) in [5, 5.41) is 0. The topological polar surface area (TPSA) is 38.8 Å². The van der Waals surface area contributed by atoms with Crippen LogP contribution >= 0.6 is 0 Å². The van der Waals surface area contributed by atoms with Crippen LogP contribution in [0.4, 0.5) is 5.69 Å². The molecule has 0 N–H and O–H groups in total. The van der Waals surface area contributed by atoms with Crippen molar-refractivity contribution in [3.8, 4) is 11.5 Å². The largest absolute Gasteiger partial charge is 0.497 e. The third-order valence-corrected chi connectivity index (χ3v) is 6.60. The van der Waals surface area contributed by atoms with Crippen LogP contribution in [-0.4, -0.2) is 20.1 Å². The zero-order chi connectivity index (χ0) is 23.0. The van der Waals surface area contributed by atoms with Gasteiger partial charge in [0, 0.05) is 5.69 Å². The second-order valence-electron chi connectivity index (χ2n) is 8.67. The number of hydrogen-bond acceptors (Lipinski definition) is 3. The van der Waals surface area contributed by atoms with E-state index in [-0.39, 0.29) is 17.9 Å². The van der Waals surface area contributed by atoms with Gasteiger partial charge in [-0.3, -0.25) is 4.79 Å². The molecule has 1 heterocycles. The molecule has 4 heteroatoms. The first-order valence-corrected chi connectivity index (χ1v) is 11.9. The van der Waals surface area contributed by atoms with Crippen molar-refractivity contribution in [2.45, 2.75) is 44.6 Å². The molecule has 4 rings (SSSR count). The fourth-order valence-electron chi connectivity index (χ4n) is 4.73. The minimum absolute atomic E-state index is 0.0228. The molecule has 172 valence electrons. The van der Waals surface area contributed by atoms with Crippen molar-refractivity contribution in [1.82, 2.24) is 0 Å². The maximum absolute atomic E-state index is 13.2. The van der Waals surface area contributed by atoms with Crippen molar-refractivity contribution in [2.24, 2.45) is 5.92 Å². The lowest BCUT2D eigenvalue weighted by Gasteiger charge is -2.47. The molecule has 1 amide bonds.